The summed E-state index contributed by atoms with van der Waals surface area (Å²) >= 11 is 1.90. The van der Waals surface area contributed by atoms with Crippen LogP contribution in [0.15, 0.2) is 164 Å². The molecule has 0 spiro atoms. The second kappa shape index (κ2) is 11.3. The van der Waals surface area contributed by atoms with E-state index < -0.39 is 0 Å². The maximum absolute atomic E-state index is 2.60. The lowest BCUT2D eigenvalue weighted by molar-refractivity contribution is 0.660. The molecule has 0 aliphatic heterocycles. The van der Waals surface area contributed by atoms with E-state index in [1.807, 2.05) is 11.3 Å². The van der Waals surface area contributed by atoms with Crippen LogP contribution in [0.5, 0.6) is 0 Å². The lowest BCUT2D eigenvalue weighted by atomic mass is 9.82. The minimum absolute atomic E-state index is 0.122. The van der Waals surface area contributed by atoms with Gasteiger partial charge in [0.25, 0.3) is 0 Å². The van der Waals surface area contributed by atoms with Crippen molar-refractivity contribution in [2.75, 3.05) is 4.90 Å². The van der Waals surface area contributed by atoms with Crippen LogP contribution in [0.2, 0.25) is 0 Å². The molecule has 1 nitrogen and oxygen atoms in total. The van der Waals surface area contributed by atoms with Crippen molar-refractivity contribution in [3.63, 3.8) is 0 Å². The molecule has 0 unspecified atom stereocenters. The highest BCUT2D eigenvalue weighted by Gasteiger charge is 2.41. The van der Waals surface area contributed by atoms with E-state index in [0.29, 0.717) is 0 Å². The van der Waals surface area contributed by atoms with Gasteiger partial charge in [0.2, 0.25) is 0 Å². The monoisotopic (exact) mass is 709 g/mol. The lowest BCUT2D eigenvalue weighted by Crippen LogP contribution is -2.17. The zero-order chi connectivity index (χ0) is 36.3. The Morgan fingerprint density at radius 3 is 1.46 bits per heavy atom. The molecule has 1 aromatic heterocycles. The first kappa shape index (κ1) is 31.6. The lowest BCUT2D eigenvalue weighted by Gasteiger charge is -2.32. The average Bonchev–Trinajstić information content (AvgIpc) is 3.78. The van der Waals surface area contributed by atoms with Gasteiger partial charge in [0.15, 0.2) is 0 Å². The first-order chi connectivity index (χ1) is 26.3. The number of rotatable bonds is 4. The molecule has 0 radical (unpaired) electrons. The Bertz CT molecular complexity index is 2910. The summed E-state index contributed by atoms with van der Waals surface area (Å²) in [6, 6.07) is 61.5. The Hall–Kier alpha value is -5.96. The average molecular weight is 710 g/mol. The first-order valence-electron chi connectivity index (χ1n) is 19.0. The van der Waals surface area contributed by atoms with E-state index in [2.05, 4.69) is 196 Å². The zero-order valence-corrected chi connectivity index (χ0v) is 31.8. The Balaban J connectivity index is 1.26. The molecule has 0 saturated carbocycles. The van der Waals surface area contributed by atoms with Gasteiger partial charge in [-0.25, -0.2) is 0 Å². The molecule has 9 aromatic rings. The minimum atomic E-state index is -0.122. The molecule has 2 aliphatic carbocycles. The predicted octanol–water partition coefficient (Wildman–Crippen LogP) is 15.0. The van der Waals surface area contributed by atoms with Crippen LogP contribution in [0.25, 0.3) is 64.3 Å². The summed E-state index contributed by atoms with van der Waals surface area (Å²) in [5, 5.41) is 5.26. The Morgan fingerprint density at radius 2 is 0.833 bits per heavy atom. The highest BCUT2D eigenvalue weighted by Crippen LogP contribution is 2.59. The maximum atomic E-state index is 2.60. The van der Waals surface area contributed by atoms with Crippen molar-refractivity contribution in [1.29, 1.82) is 0 Å². The Kier molecular flexibility index (Phi) is 6.59. The van der Waals surface area contributed by atoms with E-state index in [1.165, 1.54) is 104 Å². The summed E-state index contributed by atoms with van der Waals surface area (Å²) in [7, 11) is 0. The Labute approximate surface area is 320 Å². The van der Waals surface area contributed by atoms with Crippen molar-refractivity contribution < 1.29 is 0 Å². The molecule has 0 atom stereocenters. The fourth-order valence-corrected chi connectivity index (χ4v) is 11.1. The third-order valence-electron chi connectivity index (χ3n) is 12.5. The SMILES string of the molecule is CC1(C)c2ccccc2-c2c(N(c3ccccc3-c3cc4sc5ccccc5c4c4ccccc34)c3cccc4c3-c3ccccc3C4(C)C)cccc21. The molecule has 11 rings (SSSR count). The quantitative estimate of drug-likeness (QED) is 0.176. The molecular weight excluding hydrogens is 671 g/mol. The van der Waals surface area contributed by atoms with Crippen LogP contribution in [0.1, 0.15) is 49.9 Å². The van der Waals surface area contributed by atoms with Crippen molar-refractivity contribution in [2.24, 2.45) is 0 Å². The summed E-state index contributed by atoms with van der Waals surface area (Å²) in [6.07, 6.45) is 0. The third-order valence-corrected chi connectivity index (χ3v) is 13.6. The van der Waals surface area contributed by atoms with Crippen LogP contribution in [-0.2, 0) is 10.8 Å². The number of hydrogen-bond acceptors (Lipinski definition) is 2. The van der Waals surface area contributed by atoms with Crippen molar-refractivity contribution in [3.05, 3.63) is 186 Å². The van der Waals surface area contributed by atoms with Gasteiger partial charge in [-0.05, 0) is 80.0 Å². The normalized spacial score (nSPS) is 14.6. The zero-order valence-electron chi connectivity index (χ0n) is 30.9. The largest absolute Gasteiger partial charge is 0.309 e. The van der Waals surface area contributed by atoms with Crippen LogP contribution in [0.3, 0.4) is 0 Å². The second-order valence-electron chi connectivity index (χ2n) is 16.0. The van der Waals surface area contributed by atoms with Gasteiger partial charge in [-0.15, -0.1) is 11.3 Å². The van der Waals surface area contributed by atoms with Crippen LogP contribution in [-0.4, -0.2) is 0 Å². The van der Waals surface area contributed by atoms with Gasteiger partial charge in [-0.2, -0.15) is 0 Å². The molecule has 2 heteroatoms. The number of thiophene rings is 1. The summed E-state index contributed by atoms with van der Waals surface area (Å²) in [5.41, 5.74) is 16.6. The predicted molar refractivity (Wildman–Crippen MR) is 232 cm³/mol. The van der Waals surface area contributed by atoms with Gasteiger partial charge < -0.3 is 4.90 Å². The van der Waals surface area contributed by atoms with Crippen LogP contribution >= 0.6 is 11.3 Å². The molecular formula is C52H39NS. The smallest absolute Gasteiger partial charge is 0.0543 e. The molecule has 54 heavy (non-hydrogen) atoms. The van der Waals surface area contributed by atoms with Gasteiger partial charge in [-0.1, -0.05) is 161 Å². The van der Waals surface area contributed by atoms with Gasteiger partial charge in [0.1, 0.15) is 0 Å². The van der Waals surface area contributed by atoms with E-state index >= 15 is 0 Å². The van der Waals surface area contributed by atoms with E-state index in [0.717, 1.165) is 0 Å². The van der Waals surface area contributed by atoms with Crippen LogP contribution in [0, 0.1) is 0 Å². The van der Waals surface area contributed by atoms with Crippen LogP contribution in [0.4, 0.5) is 17.1 Å². The summed E-state index contributed by atoms with van der Waals surface area (Å²) < 4.78 is 2.64. The molecule has 0 bridgehead atoms. The number of nitrogens with zero attached hydrogens (tertiary/aromatic N) is 1. The summed E-state index contributed by atoms with van der Waals surface area (Å²) in [6.45, 7) is 9.52. The number of para-hydroxylation sites is 1. The van der Waals surface area contributed by atoms with Gasteiger partial charge in [-0.3, -0.25) is 0 Å². The molecule has 1 heterocycles. The van der Waals surface area contributed by atoms with Crippen LogP contribution < -0.4 is 4.90 Å². The number of anilines is 3. The molecule has 2 aliphatic rings. The first-order valence-corrected chi connectivity index (χ1v) is 19.8. The summed E-state index contributed by atoms with van der Waals surface area (Å²) in [4.78, 5) is 2.60. The molecule has 0 saturated heterocycles. The topological polar surface area (TPSA) is 3.24 Å². The molecule has 0 amide bonds. The molecule has 8 aromatic carbocycles. The highest BCUT2D eigenvalue weighted by atomic mass is 32.1. The standard InChI is InChI=1S/C52H39NS/c1-51(2)39-23-11-7-20-35(39)49-41(51)25-15-28-44(49)53(45-29-16-26-42-50(45)36-21-8-12-24-40(36)52(42,3)4)43-27-13-9-18-33(43)38-31-47-48(34-19-6-5-17-32(34)38)37-22-10-14-30-46(37)54-47/h5-31H,1-4H3. The van der Waals surface area contributed by atoms with E-state index in [4.69, 9.17) is 0 Å². The molecule has 258 valence electrons. The van der Waals surface area contributed by atoms with Crippen molar-refractivity contribution in [1.82, 2.24) is 0 Å². The molecule has 0 N–H and O–H groups in total. The van der Waals surface area contributed by atoms with Crippen molar-refractivity contribution in [3.8, 4) is 33.4 Å². The van der Waals surface area contributed by atoms with E-state index in [-0.39, 0.29) is 10.8 Å². The molecule has 0 fully saturated rings. The van der Waals surface area contributed by atoms with E-state index in [9.17, 15) is 0 Å². The number of benzene rings is 8. The van der Waals surface area contributed by atoms with Crippen molar-refractivity contribution >= 4 is 59.3 Å². The Morgan fingerprint density at radius 1 is 0.370 bits per heavy atom. The number of fused-ring (bicyclic) bond motifs is 11. The fraction of sp³-hybridized carbons (Fsp3) is 0.115. The fourth-order valence-electron chi connectivity index (χ4n) is 9.94. The van der Waals surface area contributed by atoms with Gasteiger partial charge in [0, 0.05) is 47.7 Å². The number of hydrogen-bond donors (Lipinski definition) is 0. The van der Waals surface area contributed by atoms with Crippen molar-refractivity contribution in [2.45, 2.75) is 38.5 Å². The third kappa shape index (κ3) is 4.20. The summed E-state index contributed by atoms with van der Waals surface area (Å²) in [5.74, 6) is 0. The maximum Gasteiger partial charge on any atom is 0.0543 e. The van der Waals surface area contributed by atoms with E-state index in [1.54, 1.807) is 0 Å². The van der Waals surface area contributed by atoms with Gasteiger partial charge in [0.05, 0.1) is 17.1 Å². The van der Waals surface area contributed by atoms with Gasteiger partial charge >= 0.3 is 0 Å². The highest BCUT2D eigenvalue weighted by molar-refractivity contribution is 7.26. The minimum Gasteiger partial charge on any atom is -0.309 e. The second-order valence-corrected chi connectivity index (χ2v) is 17.1.